The van der Waals surface area contributed by atoms with Crippen molar-refractivity contribution in [3.63, 3.8) is 0 Å². The van der Waals surface area contributed by atoms with E-state index in [1.807, 2.05) is 24.1 Å². The lowest BCUT2D eigenvalue weighted by molar-refractivity contribution is -0.131. The third-order valence-corrected chi connectivity index (χ3v) is 8.04. The molecule has 0 fully saturated rings. The summed E-state index contributed by atoms with van der Waals surface area (Å²) in [6.07, 6.45) is 5.37. The molecule has 1 aliphatic rings. The highest BCUT2D eigenvalue weighted by atomic mass is 32.2. The van der Waals surface area contributed by atoms with Gasteiger partial charge in [0.25, 0.3) is 0 Å². The van der Waals surface area contributed by atoms with Gasteiger partial charge in [0.15, 0.2) is 0 Å². The number of carboxylic acids is 1. The molecule has 0 amide bonds. The SMILES string of the molecule is CCC1(C(C)C)CSc2cc(O/C=C/C(=O)O)c(SC)cc2N(c2ccccc2)C1. The van der Waals surface area contributed by atoms with Crippen LogP contribution in [-0.2, 0) is 4.79 Å². The molecule has 30 heavy (non-hydrogen) atoms. The van der Waals surface area contributed by atoms with Crippen molar-refractivity contribution < 1.29 is 14.6 Å². The summed E-state index contributed by atoms with van der Waals surface area (Å²) >= 11 is 3.47. The van der Waals surface area contributed by atoms with Gasteiger partial charge in [0.1, 0.15) is 5.75 Å². The van der Waals surface area contributed by atoms with E-state index in [0.29, 0.717) is 11.7 Å². The van der Waals surface area contributed by atoms with Gasteiger partial charge in [-0.3, -0.25) is 0 Å². The highest BCUT2D eigenvalue weighted by Gasteiger charge is 2.38. The molecule has 0 spiro atoms. The lowest BCUT2D eigenvalue weighted by atomic mass is 9.76. The summed E-state index contributed by atoms with van der Waals surface area (Å²) in [6.45, 7) is 7.89. The number of ether oxygens (including phenoxy) is 1. The Balaban J connectivity index is 2.11. The molecule has 1 aliphatic heterocycles. The van der Waals surface area contributed by atoms with Crippen LogP contribution in [0.3, 0.4) is 0 Å². The van der Waals surface area contributed by atoms with E-state index in [1.54, 1.807) is 11.8 Å². The van der Waals surface area contributed by atoms with Crippen LogP contribution in [0.15, 0.2) is 64.6 Å². The minimum atomic E-state index is -1.02. The zero-order valence-electron chi connectivity index (χ0n) is 17.9. The summed E-state index contributed by atoms with van der Waals surface area (Å²) in [5.41, 5.74) is 2.55. The molecule has 4 nitrogen and oxygen atoms in total. The third kappa shape index (κ3) is 4.81. The summed E-state index contributed by atoms with van der Waals surface area (Å²) in [7, 11) is 0. The van der Waals surface area contributed by atoms with Crippen LogP contribution in [0.25, 0.3) is 0 Å². The quantitative estimate of drug-likeness (QED) is 0.292. The molecule has 0 radical (unpaired) electrons. The van der Waals surface area contributed by atoms with Gasteiger partial charge in [0.05, 0.1) is 22.9 Å². The topological polar surface area (TPSA) is 49.8 Å². The number of para-hydroxylation sites is 1. The van der Waals surface area contributed by atoms with Crippen LogP contribution in [0.2, 0.25) is 0 Å². The molecule has 3 rings (SSSR count). The van der Waals surface area contributed by atoms with E-state index in [4.69, 9.17) is 9.84 Å². The van der Waals surface area contributed by atoms with Crippen LogP contribution in [0.5, 0.6) is 5.75 Å². The van der Waals surface area contributed by atoms with Gasteiger partial charge in [-0.15, -0.1) is 23.5 Å². The van der Waals surface area contributed by atoms with Crippen LogP contribution in [0.1, 0.15) is 27.2 Å². The Bertz CT molecular complexity index is 914. The Morgan fingerprint density at radius 2 is 2.07 bits per heavy atom. The fourth-order valence-corrected chi connectivity index (χ4v) is 5.87. The molecule has 0 aromatic heterocycles. The number of carboxylic acid groups (broad SMARTS) is 1. The molecule has 160 valence electrons. The number of nitrogens with zero attached hydrogens (tertiary/aromatic N) is 1. The van der Waals surface area contributed by atoms with Gasteiger partial charge in [-0.2, -0.15) is 0 Å². The molecule has 0 saturated carbocycles. The van der Waals surface area contributed by atoms with Crippen molar-refractivity contribution >= 4 is 40.9 Å². The highest BCUT2D eigenvalue weighted by molar-refractivity contribution is 7.99. The minimum absolute atomic E-state index is 0.184. The normalized spacial score (nSPS) is 19.0. The maximum Gasteiger partial charge on any atom is 0.331 e. The van der Waals surface area contributed by atoms with Gasteiger partial charge in [-0.25, -0.2) is 4.79 Å². The molecule has 1 unspecified atom stereocenters. The Kier molecular flexibility index (Phi) is 7.42. The van der Waals surface area contributed by atoms with E-state index < -0.39 is 5.97 Å². The molecule has 6 heteroatoms. The summed E-state index contributed by atoms with van der Waals surface area (Å²) in [5, 5.41) is 8.86. The van der Waals surface area contributed by atoms with Crippen molar-refractivity contribution in [1.29, 1.82) is 0 Å². The number of hydrogen-bond acceptors (Lipinski definition) is 5. The number of carbonyl (C=O) groups is 1. The van der Waals surface area contributed by atoms with Crippen LogP contribution >= 0.6 is 23.5 Å². The molecular formula is C24H29NO3S2. The Morgan fingerprint density at radius 1 is 1.33 bits per heavy atom. The summed E-state index contributed by atoms with van der Waals surface area (Å²) in [6, 6.07) is 14.8. The number of thioether (sulfide) groups is 2. The summed E-state index contributed by atoms with van der Waals surface area (Å²) < 4.78 is 5.70. The molecule has 0 aliphatic carbocycles. The molecule has 0 saturated heterocycles. The second kappa shape index (κ2) is 9.84. The van der Waals surface area contributed by atoms with E-state index in [-0.39, 0.29) is 5.41 Å². The fourth-order valence-electron chi connectivity index (χ4n) is 3.75. The summed E-state index contributed by atoms with van der Waals surface area (Å²) in [4.78, 5) is 15.4. The summed E-state index contributed by atoms with van der Waals surface area (Å²) in [5.74, 6) is 1.24. The van der Waals surface area contributed by atoms with Crippen molar-refractivity contribution in [2.75, 3.05) is 23.5 Å². The molecule has 1 heterocycles. The van der Waals surface area contributed by atoms with Crippen LogP contribution in [0, 0.1) is 11.3 Å². The maximum absolute atomic E-state index is 10.8. The molecular weight excluding hydrogens is 414 g/mol. The van der Waals surface area contributed by atoms with Gasteiger partial charge >= 0.3 is 5.97 Å². The maximum atomic E-state index is 10.8. The molecule has 2 aromatic carbocycles. The number of rotatable bonds is 7. The van der Waals surface area contributed by atoms with Gasteiger partial charge in [0.2, 0.25) is 0 Å². The average molecular weight is 444 g/mol. The van der Waals surface area contributed by atoms with Crippen molar-refractivity contribution in [3.05, 3.63) is 54.8 Å². The predicted octanol–water partition coefficient (Wildman–Crippen LogP) is 6.68. The van der Waals surface area contributed by atoms with E-state index in [2.05, 4.69) is 62.1 Å². The zero-order chi connectivity index (χ0) is 21.7. The van der Waals surface area contributed by atoms with Gasteiger partial charge in [-0.1, -0.05) is 39.0 Å². The van der Waals surface area contributed by atoms with E-state index >= 15 is 0 Å². The second-order valence-electron chi connectivity index (χ2n) is 7.81. The fraction of sp³-hybridized carbons (Fsp3) is 0.375. The molecule has 0 bridgehead atoms. The lowest BCUT2D eigenvalue weighted by Gasteiger charge is -2.39. The van der Waals surface area contributed by atoms with Crippen LogP contribution in [0.4, 0.5) is 11.4 Å². The van der Waals surface area contributed by atoms with Gasteiger partial charge < -0.3 is 14.7 Å². The number of fused-ring (bicyclic) bond motifs is 1. The average Bonchev–Trinajstić information content (AvgIpc) is 2.91. The number of benzene rings is 2. The number of aliphatic carboxylic acids is 1. The van der Waals surface area contributed by atoms with Crippen molar-refractivity contribution in [1.82, 2.24) is 0 Å². The smallest absolute Gasteiger partial charge is 0.331 e. The second-order valence-corrected chi connectivity index (χ2v) is 9.68. The first-order valence-corrected chi connectivity index (χ1v) is 12.3. The third-order valence-electron chi connectivity index (χ3n) is 5.93. The van der Waals surface area contributed by atoms with E-state index in [0.717, 1.165) is 34.6 Å². The van der Waals surface area contributed by atoms with Gasteiger partial charge in [0, 0.05) is 22.9 Å². The molecule has 1 N–H and O–H groups in total. The number of anilines is 2. The van der Waals surface area contributed by atoms with E-state index in [9.17, 15) is 4.79 Å². The number of hydrogen-bond donors (Lipinski definition) is 1. The predicted molar refractivity (Wildman–Crippen MR) is 127 cm³/mol. The molecule has 1 atom stereocenters. The first-order chi connectivity index (χ1) is 14.4. The van der Waals surface area contributed by atoms with Crippen molar-refractivity contribution in [3.8, 4) is 5.75 Å². The van der Waals surface area contributed by atoms with E-state index in [1.165, 1.54) is 17.6 Å². The van der Waals surface area contributed by atoms with Crippen LogP contribution < -0.4 is 9.64 Å². The van der Waals surface area contributed by atoms with Crippen molar-refractivity contribution in [2.24, 2.45) is 11.3 Å². The first-order valence-electron chi connectivity index (χ1n) is 10.1. The highest BCUT2D eigenvalue weighted by Crippen LogP contribution is 2.50. The zero-order valence-corrected chi connectivity index (χ0v) is 19.6. The molecule has 2 aromatic rings. The monoisotopic (exact) mass is 443 g/mol. The largest absolute Gasteiger partial charge is 0.478 e. The first kappa shape index (κ1) is 22.6. The minimum Gasteiger partial charge on any atom is -0.478 e. The standard InChI is InChI=1S/C24H29NO3S2/c1-5-24(17(2)3)15-25(18-9-7-6-8-10-18)19-13-22(29-4)20(14-21(19)30-16-24)28-12-11-23(26)27/h6-14,17H,5,15-16H2,1-4H3,(H,26,27)/b12-11+. The lowest BCUT2D eigenvalue weighted by Crippen LogP contribution is -2.39. The Hall–Kier alpha value is -2.05. The van der Waals surface area contributed by atoms with Crippen molar-refractivity contribution in [2.45, 2.75) is 37.0 Å². The van der Waals surface area contributed by atoms with Gasteiger partial charge in [-0.05, 0) is 48.3 Å². The van der Waals surface area contributed by atoms with Crippen LogP contribution in [-0.4, -0.2) is 29.6 Å². The Labute approximate surface area is 187 Å². The Morgan fingerprint density at radius 3 is 2.67 bits per heavy atom.